The molecule has 6 heterocycles. The first kappa shape index (κ1) is 46.1. The number of aromatic nitrogens is 5. The maximum atomic E-state index is 13.9. The second-order valence-electron chi connectivity index (χ2n) is 17.3. The van der Waals surface area contributed by atoms with Gasteiger partial charge >= 0.3 is 0 Å². The van der Waals surface area contributed by atoms with Gasteiger partial charge in [0.2, 0.25) is 17.7 Å². The summed E-state index contributed by atoms with van der Waals surface area (Å²) in [6.45, 7) is 10.8. The Kier molecular flexibility index (Phi) is 14.6. The van der Waals surface area contributed by atoms with Gasteiger partial charge in [-0.15, -0.1) is 11.3 Å². The van der Waals surface area contributed by atoms with E-state index < -0.39 is 35.4 Å². The van der Waals surface area contributed by atoms with Crippen molar-refractivity contribution in [3.8, 4) is 21.9 Å². The number of hydrogen-bond acceptors (Lipinski definition) is 15. The fourth-order valence-electron chi connectivity index (χ4n) is 7.78. The van der Waals surface area contributed by atoms with Crippen LogP contribution in [0.1, 0.15) is 50.0 Å². The second kappa shape index (κ2) is 20.8. The molecule has 6 aromatic rings. The highest BCUT2D eigenvalue weighted by atomic mass is 32.1. The first-order valence-corrected chi connectivity index (χ1v) is 22.8. The largest absolute Gasteiger partial charge is 0.490 e. The lowest BCUT2D eigenvalue weighted by atomic mass is 9.85. The summed E-state index contributed by atoms with van der Waals surface area (Å²) in [5, 5.41) is 16.3. The number of benzene rings is 2. The lowest BCUT2D eigenvalue weighted by Crippen LogP contribution is -2.58. The molecule has 8 rings (SSSR count). The number of anilines is 1. The molecule has 2 aliphatic rings. The molecule has 1 saturated heterocycles. The molecule has 4 aromatic heterocycles. The van der Waals surface area contributed by atoms with E-state index in [2.05, 4.69) is 35.1 Å². The summed E-state index contributed by atoms with van der Waals surface area (Å²) >= 11 is 1.57. The molecule has 0 unspecified atom stereocenters. The number of nitrogens with zero attached hydrogens (tertiary/aromatic N) is 7. The highest BCUT2D eigenvalue weighted by molar-refractivity contribution is 7.13. The minimum Gasteiger partial charge on any atom is -0.490 e. The number of amides is 3. The van der Waals surface area contributed by atoms with Crippen LogP contribution in [-0.2, 0) is 50.1 Å². The third-order valence-corrected chi connectivity index (χ3v) is 12.3. The van der Waals surface area contributed by atoms with Crippen molar-refractivity contribution >= 4 is 46.2 Å². The summed E-state index contributed by atoms with van der Waals surface area (Å²) < 4.78 is 31.1. The molecule has 3 amide bonds. The van der Waals surface area contributed by atoms with Gasteiger partial charge in [-0.2, -0.15) is 4.98 Å². The average Bonchev–Trinajstić information content (AvgIpc) is 4.14. The van der Waals surface area contributed by atoms with E-state index in [1.54, 1.807) is 17.5 Å². The Morgan fingerprint density at radius 2 is 1.76 bits per heavy atom. The molecule has 348 valence electrons. The van der Waals surface area contributed by atoms with Crippen LogP contribution in [0.15, 0.2) is 83.1 Å². The number of fused-ring (bicyclic) bond motifs is 2. The zero-order chi connectivity index (χ0) is 46.2. The van der Waals surface area contributed by atoms with Crippen molar-refractivity contribution < 1.29 is 42.9 Å². The van der Waals surface area contributed by atoms with Gasteiger partial charge < -0.3 is 53.5 Å². The molecule has 18 nitrogen and oxygen atoms in total. The van der Waals surface area contributed by atoms with Crippen LogP contribution in [0.5, 0.6) is 11.5 Å². The topological polar surface area (TPSA) is 209 Å². The van der Waals surface area contributed by atoms with Gasteiger partial charge in [0, 0.05) is 51.1 Å². The summed E-state index contributed by atoms with van der Waals surface area (Å²) in [7, 11) is 0. The van der Waals surface area contributed by atoms with Crippen LogP contribution >= 0.6 is 11.3 Å². The third-order valence-electron chi connectivity index (χ3n) is 11.4. The van der Waals surface area contributed by atoms with Gasteiger partial charge in [0.15, 0.2) is 5.58 Å². The van der Waals surface area contributed by atoms with Gasteiger partial charge in [-0.05, 0) is 47.7 Å². The van der Waals surface area contributed by atoms with Crippen molar-refractivity contribution in [2.75, 3.05) is 51.0 Å². The minimum atomic E-state index is -0.969. The first-order chi connectivity index (χ1) is 31.9. The molecule has 0 saturated carbocycles. The van der Waals surface area contributed by atoms with E-state index in [-0.39, 0.29) is 65.1 Å². The number of ether oxygens (including phenoxy) is 4. The number of hydrogen-bond donors (Lipinski definition) is 3. The number of nitrogens with one attached hydrogen (secondary N) is 2. The first-order valence-electron chi connectivity index (χ1n) is 21.9. The van der Waals surface area contributed by atoms with Crippen LogP contribution < -0.4 is 25.0 Å². The van der Waals surface area contributed by atoms with Crippen molar-refractivity contribution in [1.29, 1.82) is 0 Å². The highest BCUT2D eigenvalue weighted by Crippen LogP contribution is 2.30. The van der Waals surface area contributed by atoms with Crippen LogP contribution in [-0.4, -0.2) is 117 Å². The lowest BCUT2D eigenvalue weighted by Gasteiger charge is -2.35. The molecule has 3 atom stereocenters. The maximum absolute atomic E-state index is 13.9. The number of likely N-dealkylation sites (tertiary alicyclic amines) is 1. The summed E-state index contributed by atoms with van der Waals surface area (Å²) in [6.07, 6.45) is 4.64. The molecule has 3 N–H and O–H groups in total. The SMILES string of the molecule is Cc1ncsc1-c1ccc(CNC(=O)[C@@H]2C[C@@H](O)CN2C(=O)[C@@H](NC(=O)COCCOCCOc2ccc(COc3ccc4oc(N5CCn6ccnc6C5)nc4c3)nc2)C(C)(C)C)cc1. The van der Waals surface area contributed by atoms with Crippen LogP contribution in [0.4, 0.5) is 6.01 Å². The van der Waals surface area contributed by atoms with Crippen LogP contribution in [0.3, 0.4) is 0 Å². The predicted octanol–water partition coefficient (Wildman–Crippen LogP) is 4.67. The van der Waals surface area contributed by atoms with Gasteiger partial charge in [-0.25, -0.2) is 9.97 Å². The monoisotopic (exact) mass is 921 g/mol. The number of rotatable bonds is 19. The lowest BCUT2D eigenvalue weighted by molar-refractivity contribution is -0.144. The van der Waals surface area contributed by atoms with Gasteiger partial charge in [0.05, 0.1) is 60.4 Å². The third kappa shape index (κ3) is 11.5. The fraction of sp³-hybridized carbons (Fsp3) is 0.426. The number of aliphatic hydroxyl groups is 1. The molecule has 2 aromatic carbocycles. The number of aryl methyl sites for hydroxylation is 1. The zero-order valence-corrected chi connectivity index (χ0v) is 38.3. The quantitative estimate of drug-likeness (QED) is 0.0945. The van der Waals surface area contributed by atoms with Crippen molar-refractivity contribution in [3.63, 3.8) is 0 Å². The Hall–Kier alpha value is -6.41. The molecule has 0 radical (unpaired) electrons. The summed E-state index contributed by atoms with van der Waals surface area (Å²) in [6, 6.07) is 15.8. The van der Waals surface area contributed by atoms with E-state index >= 15 is 0 Å². The van der Waals surface area contributed by atoms with Crippen LogP contribution in [0.2, 0.25) is 0 Å². The van der Waals surface area contributed by atoms with E-state index in [0.717, 1.165) is 46.3 Å². The molecule has 0 aliphatic carbocycles. The smallest absolute Gasteiger partial charge is 0.298 e. The van der Waals surface area contributed by atoms with Gasteiger partial charge in [0.1, 0.15) is 54.7 Å². The van der Waals surface area contributed by atoms with Crippen molar-refractivity contribution in [1.82, 2.24) is 40.0 Å². The molecule has 66 heavy (non-hydrogen) atoms. The number of oxazole rings is 1. The molecule has 0 spiro atoms. The molecular weight excluding hydrogens is 867 g/mol. The highest BCUT2D eigenvalue weighted by Gasteiger charge is 2.44. The molecular formula is C47H55N9O9S. The number of aliphatic hydroxyl groups excluding tert-OH is 1. The maximum Gasteiger partial charge on any atom is 0.298 e. The average molecular weight is 922 g/mol. The fourth-order valence-corrected chi connectivity index (χ4v) is 8.59. The Morgan fingerprint density at radius 1 is 0.955 bits per heavy atom. The predicted molar refractivity (Wildman–Crippen MR) is 245 cm³/mol. The van der Waals surface area contributed by atoms with Crippen LogP contribution in [0, 0.1) is 12.3 Å². The van der Waals surface area contributed by atoms with Gasteiger partial charge in [0.25, 0.3) is 6.01 Å². The minimum absolute atomic E-state index is 0.0179. The van der Waals surface area contributed by atoms with Gasteiger partial charge in [-0.1, -0.05) is 45.0 Å². The number of pyridine rings is 1. The van der Waals surface area contributed by atoms with E-state index in [1.807, 2.05) is 100 Å². The number of β-amino-alcohol motifs (C(OH)–C–C–N with tert-alkyl or cyclic N) is 1. The van der Waals surface area contributed by atoms with Crippen molar-refractivity contribution in [2.45, 2.75) is 78.5 Å². The normalized spacial score (nSPS) is 16.6. The zero-order valence-electron chi connectivity index (χ0n) is 37.5. The van der Waals surface area contributed by atoms with E-state index in [1.165, 1.54) is 4.90 Å². The van der Waals surface area contributed by atoms with Crippen LogP contribution in [0.25, 0.3) is 21.5 Å². The number of thiazole rings is 1. The summed E-state index contributed by atoms with van der Waals surface area (Å²) in [5.41, 5.74) is 6.13. The van der Waals surface area contributed by atoms with E-state index in [9.17, 15) is 19.5 Å². The number of imidazole rings is 1. The van der Waals surface area contributed by atoms with Crippen molar-refractivity contribution in [2.24, 2.45) is 5.41 Å². The Morgan fingerprint density at radius 3 is 2.53 bits per heavy atom. The standard InChI is InChI=1S/C47H55N9O9S/c1-30-42(66-29-51-30)32-7-5-31(6-8-32)23-50-44(59)38-21-34(57)25-56(38)45(60)43(47(2,3)4)53-41(58)28-62-18-17-61-19-20-63-36-10-9-33(49-24-36)27-64-35-11-12-39-37(22-35)52-46(65-39)55-16-15-54-14-13-48-40(54)26-55/h5-14,22,24,29,34,38,43,57H,15-21,23,25-28H2,1-4H3,(H,50,59)(H,53,58)/t34-,38+,43-/m1/s1. The van der Waals surface area contributed by atoms with Crippen molar-refractivity contribution in [3.05, 3.63) is 101 Å². The number of carbonyl (C=O) groups excluding carboxylic acids is 3. The molecule has 19 heteroatoms. The summed E-state index contributed by atoms with van der Waals surface area (Å²) in [5.74, 6) is 0.902. The Balaban J connectivity index is 0.709. The Labute approximate surface area is 386 Å². The van der Waals surface area contributed by atoms with E-state index in [0.29, 0.717) is 35.2 Å². The molecule has 2 aliphatic heterocycles. The van der Waals surface area contributed by atoms with Gasteiger partial charge in [-0.3, -0.25) is 19.4 Å². The van der Waals surface area contributed by atoms with E-state index in [4.69, 9.17) is 28.3 Å². The molecule has 0 bridgehead atoms. The second-order valence-corrected chi connectivity index (χ2v) is 18.2. The Bertz CT molecular complexity index is 2590. The molecule has 1 fully saturated rings. The summed E-state index contributed by atoms with van der Waals surface area (Å²) in [4.78, 5) is 62.7. The number of carbonyl (C=O) groups is 3.